The molecule has 1 aromatic carbocycles. The number of hydrogen-bond acceptors (Lipinski definition) is 2. The smallest absolute Gasteiger partial charge is 0.190 e. The molecule has 82 valence electrons. The number of ether oxygens (including phenoxy) is 1. The summed E-state index contributed by atoms with van der Waals surface area (Å²) in [5.41, 5.74) is 0.540. The summed E-state index contributed by atoms with van der Waals surface area (Å²) in [6, 6.07) is 2.76. The van der Waals surface area contributed by atoms with Crippen molar-refractivity contribution in [2.75, 3.05) is 20.2 Å². The number of methoxy groups -OCH3 is 1. The van der Waals surface area contributed by atoms with Crippen molar-refractivity contribution in [3.05, 3.63) is 29.3 Å². The van der Waals surface area contributed by atoms with Crippen LogP contribution in [0.25, 0.3) is 0 Å². The quantitative estimate of drug-likeness (QED) is 0.811. The molecule has 2 rings (SSSR count). The van der Waals surface area contributed by atoms with E-state index in [-0.39, 0.29) is 11.7 Å². The second kappa shape index (κ2) is 4.14. The molecule has 1 heterocycles. The van der Waals surface area contributed by atoms with Crippen molar-refractivity contribution in [1.29, 1.82) is 0 Å². The molecule has 1 aromatic rings. The Morgan fingerprint density at radius 2 is 2.20 bits per heavy atom. The Hall–Kier alpha value is -1.16. The van der Waals surface area contributed by atoms with E-state index in [1.54, 1.807) is 0 Å². The Balaban J connectivity index is 2.39. The Morgan fingerprint density at radius 1 is 1.40 bits per heavy atom. The van der Waals surface area contributed by atoms with Gasteiger partial charge >= 0.3 is 0 Å². The third-order valence-corrected chi connectivity index (χ3v) is 2.78. The fourth-order valence-corrected chi connectivity index (χ4v) is 1.97. The highest BCUT2D eigenvalue weighted by molar-refractivity contribution is 5.35. The van der Waals surface area contributed by atoms with E-state index in [1.807, 2.05) is 0 Å². The molecule has 0 aliphatic carbocycles. The molecule has 0 radical (unpaired) electrons. The molecule has 1 unspecified atom stereocenters. The van der Waals surface area contributed by atoms with Gasteiger partial charge in [-0.2, -0.15) is 0 Å². The van der Waals surface area contributed by atoms with E-state index < -0.39 is 11.6 Å². The average Bonchev–Trinajstić information content (AvgIpc) is 2.71. The van der Waals surface area contributed by atoms with Crippen LogP contribution in [0.15, 0.2) is 12.1 Å². The van der Waals surface area contributed by atoms with Crippen molar-refractivity contribution < 1.29 is 13.5 Å². The minimum Gasteiger partial charge on any atom is -0.491 e. The third-order valence-electron chi connectivity index (χ3n) is 2.78. The second-order valence-corrected chi connectivity index (χ2v) is 3.67. The van der Waals surface area contributed by atoms with E-state index in [1.165, 1.54) is 19.2 Å². The summed E-state index contributed by atoms with van der Waals surface area (Å²) >= 11 is 0. The van der Waals surface area contributed by atoms with Crippen molar-refractivity contribution >= 4 is 0 Å². The summed E-state index contributed by atoms with van der Waals surface area (Å²) in [6.07, 6.45) is 0.881. The zero-order valence-electron chi connectivity index (χ0n) is 8.52. The van der Waals surface area contributed by atoms with Crippen LogP contribution >= 0.6 is 0 Å². The summed E-state index contributed by atoms with van der Waals surface area (Å²) in [7, 11) is 1.28. The van der Waals surface area contributed by atoms with Gasteiger partial charge in [0.15, 0.2) is 17.4 Å². The van der Waals surface area contributed by atoms with Crippen molar-refractivity contribution in [2.45, 2.75) is 12.3 Å². The van der Waals surface area contributed by atoms with Crippen LogP contribution in [-0.2, 0) is 0 Å². The van der Waals surface area contributed by atoms with Gasteiger partial charge in [0, 0.05) is 12.5 Å². The number of nitrogens with one attached hydrogen (secondary N) is 1. The lowest BCUT2D eigenvalue weighted by molar-refractivity contribution is 0.356. The van der Waals surface area contributed by atoms with Crippen LogP contribution in [0.1, 0.15) is 17.9 Å². The van der Waals surface area contributed by atoms with E-state index in [9.17, 15) is 8.78 Å². The molecule has 0 bridgehead atoms. The molecule has 1 fully saturated rings. The summed E-state index contributed by atoms with van der Waals surface area (Å²) in [5.74, 6) is -1.37. The molecule has 4 heteroatoms. The molecular weight excluding hydrogens is 200 g/mol. The van der Waals surface area contributed by atoms with Gasteiger partial charge in [0.25, 0.3) is 0 Å². The van der Waals surface area contributed by atoms with Gasteiger partial charge < -0.3 is 10.1 Å². The molecule has 0 amide bonds. The Kier molecular flexibility index (Phi) is 2.86. The zero-order valence-corrected chi connectivity index (χ0v) is 8.52. The van der Waals surface area contributed by atoms with Crippen molar-refractivity contribution in [2.24, 2.45) is 0 Å². The molecule has 1 atom stereocenters. The summed E-state index contributed by atoms with van der Waals surface area (Å²) < 4.78 is 31.6. The topological polar surface area (TPSA) is 21.3 Å². The Morgan fingerprint density at radius 3 is 2.80 bits per heavy atom. The fraction of sp³-hybridized carbons (Fsp3) is 0.455. The lowest BCUT2D eigenvalue weighted by Gasteiger charge is -2.12. The molecule has 2 nitrogen and oxygen atoms in total. The number of halogens is 2. The van der Waals surface area contributed by atoms with Crippen LogP contribution in [0.2, 0.25) is 0 Å². The fourth-order valence-electron chi connectivity index (χ4n) is 1.97. The SMILES string of the molecule is COc1c(F)ccc(C2CCNC2)c1F. The second-order valence-electron chi connectivity index (χ2n) is 3.67. The molecule has 0 spiro atoms. The van der Waals surface area contributed by atoms with Crippen molar-refractivity contribution in [3.63, 3.8) is 0 Å². The Bertz CT molecular complexity index is 362. The Labute approximate surface area is 87.2 Å². The van der Waals surface area contributed by atoms with Crippen LogP contribution < -0.4 is 10.1 Å². The number of benzene rings is 1. The summed E-state index contributed by atoms with van der Waals surface area (Å²) in [4.78, 5) is 0. The maximum atomic E-state index is 13.8. The normalized spacial score (nSPS) is 20.6. The summed E-state index contributed by atoms with van der Waals surface area (Å²) in [6.45, 7) is 1.62. The van der Waals surface area contributed by atoms with Gasteiger partial charge in [0.1, 0.15) is 0 Å². The largest absolute Gasteiger partial charge is 0.491 e. The predicted octanol–water partition coefficient (Wildman–Crippen LogP) is 2.05. The van der Waals surface area contributed by atoms with Crippen LogP contribution in [0.5, 0.6) is 5.75 Å². The molecule has 0 saturated carbocycles. The first-order chi connectivity index (χ1) is 7.24. The monoisotopic (exact) mass is 213 g/mol. The first-order valence-electron chi connectivity index (χ1n) is 4.96. The zero-order chi connectivity index (χ0) is 10.8. The van der Waals surface area contributed by atoms with Crippen LogP contribution in [-0.4, -0.2) is 20.2 Å². The molecule has 1 N–H and O–H groups in total. The van der Waals surface area contributed by atoms with E-state index in [0.717, 1.165) is 19.5 Å². The molecule has 15 heavy (non-hydrogen) atoms. The van der Waals surface area contributed by atoms with E-state index in [2.05, 4.69) is 5.32 Å². The van der Waals surface area contributed by atoms with Gasteiger partial charge in [0.2, 0.25) is 0 Å². The maximum absolute atomic E-state index is 13.8. The minimum absolute atomic E-state index is 0.125. The first kappa shape index (κ1) is 10.4. The van der Waals surface area contributed by atoms with Gasteiger partial charge in [-0.15, -0.1) is 0 Å². The maximum Gasteiger partial charge on any atom is 0.190 e. The predicted molar refractivity (Wildman–Crippen MR) is 53.1 cm³/mol. The molecule has 1 aliphatic heterocycles. The first-order valence-corrected chi connectivity index (χ1v) is 4.96. The number of hydrogen-bond donors (Lipinski definition) is 1. The van der Waals surface area contributed by atoms with Gasteiger partial charge in [0.05, 0.1) is 7.11 Å². The van der Waals surface area contributed by atoms with Gasteiger partial charge in [-0.25, -0.2) is 8.78 Å². The van der Waals surface area contributed by atoms with E-state index in [4.69, 9.17) is 4.74 Å². The highest BCUT2D eigenvalue weighted by Crippen LogP contribution is 2.31. The lowest BCUT2D eigenvalue weighted by atomic mass is 9.97. The molecule has 1 saturated heterocycles. The van der Waals surface area contributed by atoms with Crippen LogP contribution in [0.4, 0.5) is 8.78 Å². The van der Waals surface area contributed by atoms with E-state index >= 15 is 0 Å². The minimum atomic E-state index is -0.648. The lowest BCUT2D eigenvalue weighted by Crippen LogP contribution is -2.09. The third kappa shape index (κ3) is 1.81. The van der Waals surface area contributed by atoms with Crippen LogP contribution in [0, 0.1) is 11.6 Å². The van der Waals surface area contributed by atoms with Gasteiger partial charge in [-0.3, -0.25) is 0 Å². The molecular formula is C11H13F2NO. The molecule has 0 aromatic heterocycles. The van der Waals surface area contributed by atoms with E-state index in [0.29, 0.717) is 5.56 Å². The van der Waals surface area contributed by atoms with Gasteiger partial charge in [-0.05, 0) is 24.6 Å². The van der Waals surface area contributed by atoms with Crippen molar-refractivity contribution in [3.8, 4) is 5.75 Å². The van der Waals surface area contributed by atoms with Crippen LogP contribution in [0.3, 0.4) is 0 Å². The average molecular weight is 213 g/mol. The number of rotatable bonds is 2. The van der Waals surface area contributed by atoms with Crippen molar-refractivity contribution in [1.82, 2.24) is 5.32 Å². The van der Waals surface area contributed by atoms with Gasteiger partial charge in [-0.1, -0.05) is 6.07 Å². The standard InChI is InChI=1S/C11H13F2NO/c1-15-11-9(12)3-2-8(10(11)13)7-4-5-14-6-7/h2-3,7,14H,4-6H2,1H3. The highest BCUT2D eigenvalue weighted by Gasteiger charge is 2.23. The highest BCUT2D eigenvalue weighted by atomic mass is 19.1. The molecule has 1 aliphatic rings. The summed E-state index contributed by atoms with van der Waals surface area (Å²) in [5, 5.41) is 3.15.